The number of hydrogen-bond donors (Lipinski definition) is 0. The van der Waals surface area contributed by atoms with E-state index in [4.69, 9.17) is 11.6 Å². The predicted octanol–water partition coefficient (Wildman–Crippen LogP) is 11.4. The van der Waals surface area contributed by atoms with Gasteiger partial charge in [-0.25, -0.2) is 0 Å². The second-order valence-corrected chi connectivity index (χ2v) is 20.5. The van der Waals surface area contributed by atoms with Gasteiger partial charge in [0.25, 0.3) is 0 Å². The van der Waals surface area contributed by atoms with Crippen molar-refractivity contribution in [3.63, 3.8) is 0 Å². The molecule has 0 bridgehead atoms. The summed E-state index contributed by atoms with van der Waals surface area (Å²) in [5.74, 6) is 2.38. The molecule has 0 radical (unpaired) electrons. The van der Waals surface area contributed by atoms with Crippen LogP contribution in [-0.4, -0.2) is 0 Å². The molecule has 3 heteroatoms. The average molecular weight is 751 g/mol. The highest BCUT2D eigenvalue weighted by atomic mass is 35.5. The third kappa shape index (κ3) is 6.91. The van der Waals surface area contributed by atoms with Crippen LogP contribution in [0, 0.1) is 0 Å². The van der Waals surface area contributed by atoms with E-state index in [9.17, 15) is 0 Å². The van der Waals surface area contributed by atoms with E-state index in [1.807, 2.05) is 0 Å². The molecular weight excluding hydrogens is 710 g/mol. The monoisotopic (exact) mass is 750 g/mol. The lowest BCUT2D eigenvalue weighted by Crippen LogP contribution is -2.32. The van der Waals surface area contributed by atoms with Crippen molar-refractivity contribution in [3.8, 4) is 11.1 Å². The maximum absolute atomic E-state index is 7.76. The van der Waals surface area contributed by atoms with Crippen LogP contribution in [0.5, 0.6) is 0 Å². The Kier molecular flexibility index (Phi) is 10.8. The highest BCUT2D eigenvalue weighted by Gasteiger charge is 2.47. The maximum atomic E-state index is 7.76. The van der Waals surface area contributed by atoms with E-state index >= 15 is 0 Å². The van der Waals surface area contributed by atoms with Crippen LogP contribution in [0.4, 0.5) is 0 Å². The summed E-state index contributed by atoms with van der Waals surface area (Å²) in [5.41, 5.74) is 4.67. The Morgan fingerprint density at radius 1 is 0.352 bits per heavy atom. The summed E-state index contributed by atoms with van der Waals surface area (Å²) >= 11 is 7.76. The normalized spacial score (nSPS) is 12.0. The summed E-state index contributed by atoms with van der Waals surface area (Å²) in [7, 11) is -4.50. The van der Waals surface area contributed by atoms with Crippen LogP contribution in [0.25, 0.3) is 16.2 Å². The van der Waals surface area contributed by atoms with Gasteiger partial charge in [0, 0.05) is 5.56 Å². The number of hydrogen-bond acceptors (Lipinski definition) is 0. The fourth-order valence-corrected chi connectivity index (χ4v) is 16.4. The van der Waals surface area contributed by atoms with Crippen molar-refractivity contribution in [2.24, 2.45) is 0 Å². The molecule has 8 aromatic rings. The van der Waals surface area contributed by atoms with Gasteiger partial charge in [0.1, 0.15) is 46.4 Å². The van der Waals surface area contributed by atoms with Crippen LogP contribution in [0.2, 0.25) is 0 Å². The third-order valence-electron chi connectivity index (χ3n) is 10.3. The zero-order valence-corrected chi connectivity index (χ0v) is 32.5. The van der Waals surface area contributed by atoms with E-state index in [-0.39, 0.29) is 0 Å². The van der Waals surface area contributed by atoms with Gasteiger partial charge < -0.3 is 0 Å². The smallest absolute Gasteiger partial charge is 0.0800 e. The molecule has 0 saturated heterocycles. The molecule has 54 heavy (non-hydrogen) atoms. The van der Waals surface area contributed by atoms with Gasteiger partial charge in [0.05, 0.1) is 17.0 Å². The Morgan fingerprint density at radius 3 is 1.07 bits per heavy atom. The molecule has 0 N–H and O–H groups in total. The Balaban J connectivity index is 1.34. The summed E-state index contributed by atoms with van der Waals surface area (Å²) < 4.78 is 0. The fourth-order valence-electron chi connectivity index (χ4n) is 7.77. The molecular formula is C51H41ClP2+2. The van der Waals surface area contributed by atoms with Crippen molar-refractivity contribution in [3.05, 3.63) is 247 Å². The first-order chi connectivity index (χ1) is 26.7. The maximum Gasteiger partial charge on any atom is 0.138 e. The first kappa shape index (κ1) is 35.7. The Bertz CT molecular complexity index is 2260. The molecule has 0 spiro atoms. The fraction of sp³-hybridized carbons (Fsp3) is 0.0196. The van der Waals surface area contributed by atoms with E-state index in [0.29, 0.717) is 0 Å². The van der Waals surface area contributed by atoms with Gasteiger partial charge in [-0.3, -0.25) is 0 Å². The van der Waals surface area contributed by atoms with Crippen molar-refractivity contribution in [2.75, 3.05) is 0 Å². The van der Waals surface area contributed by atoms with Gasteiger partial charge in [-0.2, -0.15) is 0 Å². The van der Waals surface area contributed by atoms with Gasteiger partial charge in [0.2, 0.25) is 0 Å². The van der Waals surface area contributed by atoms with E-state index in [1.54, 1.807) is 0 Å². The Hall–Kier alpha value is -5.35. The zero-order valence-electron chi connectivity index (χ0n) is 30.0. The molecule has 0 aliphatic heterocycles. The lowest BCUT2D eigenvalue weighted by atomic mass is 9.96. The predicted molar refractivity (Wildman–Crippen MR) is 240 cm³/mol. The number of benzene rings is 8. The lowest BCUT2D eigenvalue weighted by molar-refractivity contribution is 1.38. The second kappa shape index (κ2) is 16.3. The van der Waals surface area contributed by atoms with Crippen LogP contribution < -0.4 is 31.8 Å². The third-order valence-corrected chi connectivity index (χ3v) is 19.1. The highest BCUT2D eigenvalue weighted by Crippen LogP contribution is 2.61. The Morgan fingerprint density at radius 2 is 0.667 bits per heavy atom. The molecule has 0 saturated carbocycles. The summed E-state index contributed by atoms with van der Waals surface area (Å²) in [6.07, 6.45) is 0.867. The molecule has 0 amide bonds. The summed E-state index contributed by atoms with van der Waals surface area (Å²) in [4.78, 5) is 0. The molecule has 0 fully saturated rings. The standard InChI is InChI=1S/C51H41ClP2/c52-51(40-54(45-30-13-4-14-31-45,46-32-15-5-16-33-46)47-34-17-6-18-35-47)50-38-22-21-37-49(50)48-36-20-19-23-41(48)39-53(42-24-7-1-8-25-42,43-26-9-2-10-27-43)44-28-11-3-12-29-44/h1-38,40H,39H2/q+2/b51-40-. The minimum absolute atomic E-state index is 0.750. The molecule has 8 rings (SSSR count). The van der Waals surface area contributed by atoms with Gasteiger partial charge >= 0.3 is 0 Å². The topological polar surface area (TPSA) is 0 Å². The zero-order chi connectivity index (χ0) is 36.6. The summed E-state index contributed by atoms with van der Waals surface area (Å²) in [5, 5.41) is 8.65. The molecule has 0 aromatic heterocycles. The highest BCUT2D eigenvalue weighted by molar-refractivity contribution is 7.98. The van der Waals surface area contributed by atoms with Gasteiger partial charge in [-0.05, 0) is 89.5 Å². The van der Waals surface area contributed by atoms with Crippen LogP contribution in [-0.2, 0) is 6.16 Å². The van der Waals surface area contributed by atoms with Crippen molar-refractivity contribution < 1.29 is 0 Å². The second-order valence-electron chi connectivity index (χ2n) is 13.4. The quantitative estimate of drug-likeness (QED) is 0.116. The molecule has 260 valence electrons. The van der Waals surface area contributed by atoms with Gasteiger partial charge in [-0.15, -0.1) is 0 Å². The minimum atomic E-state index is -2.34. The molecule has 0 nitrogen and oxygen atoms in total. The van der Waals surface area contributed by atoms with Crippen LogP contribution in [0.1, 0.15) is 11.1 Å². The molecule has 0 aliphatic rings. The summed E-state index contributed by atoms with van der Waals surface area (Å²) in [6.45, 7) is 0. The number of halogens is 1. The first-order valence-corrected chi connectivity index (χ1v) is 22.6. The van der Waals surface area contributed by atoms with Crippen molar-refractivity contribution >= 4 is 63.0 Å². The summed E-state index contributed by atoms with van der Waals surface area (Å²) in [6, 6.07) is 83.7. The molecule has 8 aromatic carbocycles. The molecule has 0 atom stereocenters. The molecule has 0 aliphatic carbocycles. The molecule has 0 unspecified atom stereocenters. The largest absolute Gasteiger partial charge is 0.138 e. The van der Waals surface area contributed by atoms with E-state index in [2.05, 4.69) is 236 Å². The van der Waals surface area contributed by atoms with Crippen molar-refractivity contribution in [2.45, 2.75) is 6.16 Å². The Labute approximate surface area is 326 Å². The minimum Gasteiger partial charge on any atom is -0.0800 e. The first-order valence-electron chi connectivity index (χ1n) is 18.4. The van der Waals surface area contributed by atoms with E-state index in [0.717, 1.165) is 22.3 Å². The van der Waals surface area contributed by atoms with Crippen molar-refractivity contribution in [1.29, 1.82) is 0 Å². The average Bonchev–Trinajstić information content (AvgIpc) is 3.26. The SMILES string of the molecule is Cl/C(=C\[P+](c1ccccc1)(c1ccccc1)c1ccccc1)c1ccccc1-c1ccccc1C[P+](c1ccccc1)(c1ccccc1)c1ccccc1. The van der Waals surface area contributed by atoms with Gasteiger partial charge in [-0.1, -0.05) is 169 Å². The van der Waals surface area contributed by atoms with E-state index < -0.39 is 14.5 Å². The lowest BCUT2D eigenvalue weighted by Gasteiger charge is -2.29. The van der Waals surface area contributed by atoms with Crippen LogP contribution in [0.15, 0.2) is 236 Å². The van der Waals surface area contributed by atoms with Gasteiger partial charge in [0.15, 0.2) is 0 Å². The number of rotatable bonds is 11. The molecule has 0 heterocycles. The van der Waals surface area contributed by atoms with Crippen LogP contribution in [0.3, 0.4) is 0 Å². The van der Waals surface area contributed by atoms with Crippen LogP contribution >= 0.6 is 26.1 Å². The van der Waals surface area contributed by atoms with E-state index in [1.165, 1.54) is 43.0 Å². The van der Waals surface area contributed by atoms with Crippen molar-refractivity contribution in [1.82, 2.24) is 0 Å².